The average molecular weight is 177 g/mol. The van der Waals surface area contributed by atoms with Crippen LogP contribution in [0.4, 0.5) is 0 Å². The van der Waals surface area contributed by atoms with E-state index in [4.69, 9.17) is 0 Å². The average Bonchev–Trinajstić information content (AvgIpc) is 2.19. The van der Waals surface area contributed by atoms with Crippen molar-refractivity contribution in [1.82, 2.24) is 4.98 Å². The van der Waals surface area contributed by atoms with Gasteiger partial charge in [0.1, 0.15) is 0 Å². The maximum absolute atomic E-state index is 4.56. The van der Waals surface area contributed by atoms with Gasteiger partial charge < -0.3 is 0 Å². The lowest BCUT2D eigenvalue weighted by molar-refractivity contribution is 0.705. The van der Waals surface area contributed by atoms with E-state index in [1.54, 1.807) is 0 Å². The van der Waals surface area contributed by atoms with Gasteiger partial charge in [-0.05, 0) is 31.4 Å². The monoisotopic (exact) mass is 177 g/mol. The fraction of sp³-hybridized carbons (Fsp3) is 0.583. The third-order valence-electron chi connectivity index (χ3n) is 2.26. The van der Waals surface area contributed by atoms with E-state index < -0.39 is 0 Å². The number of unbranched alkanes of at least 4 members (excludes halogenated alkanes) is 2. The van der Waals surface area contributed by atoms with Gasteiger partial charge in [-0.15, -0.1) is 0 Å². The molecule has 1 rings (SSSR count). The van der Waals surface area contributed by atoms with E-state index in [2.05, 4.69) is 37.0 Å². The first-order chi connectivity index (χ1) is 6.36. The zero-order valence-corrected chi connectivity index (χ0v) is 8.71. The largest absolute Gasteiger partial charge is 0.258 e. The highest BCUT2D eigenvalue weighted by molar-refractivity contribution is 5.11. The maximum Gasteiger partial charge on any atom is 0.0406 e. The third-order valence-corrected chi connectivity index (χ3v) is 2.26. The second-order valence-electron chi connectivity index (χ2n) is 3.43. The number of rotatable bonds is 5. The zero-order valence-electron chi connectivity index (χ0n) is 8.71. The molecule has 0 amide bonds. The summed E-state index contributed by atoms with van der Waals surface area (Å²) in [4.78, 5) is 4.56. The summed E-state index contributed by atoms with van der Waals surface area (Å²) >= 11 is 0. The molecule has 1 heterocycles. The van der Waals surface area contributed by atoms with Gasteiger partial charge in [-0.2, -0.15) is 0 Å². The van der Waals surface area contributed by atoms with Gasteiger partial charge in [-0.3, -0.25) is 4.98 Å². The lowest BCUT2D eigenvalue weighted by Crippen LogP contribution is -1.94. The van der Waals surface area contributed by atoms with Gasteiger partial charge in [0.2, 0.25) is 0 Å². The molecule has 0 saturated carbocycles. The van der Waals surface area contributed by atoms with E-state index in [9.17, 15) is 0 Å². The Bertz CT molecular complexity index is 243. The number of pyridine rings is 1. The molecule has 0 bridgehead atoms. The maximum atomic E-state index is 4.56. The first-order valence-corrected chi connectivity index (χ1v) is 5.31. The Balaban J connectivity index is 2.46. The number of aryl methyl sites for hydroxylation is 2. The minimum Gasteiger partial charge on any atom is -0.258 e. The number of nitrogens with zero attached hydrogens (tertiary/aromatic N) is 1. The van der Waals surface area contributed by atoms with E-state index in [-0.39, 0.29) is 0 Å². The second kappa shape index (κ2) is 5.74. The van der Waals surface area contributed by atoms with Gasteiger partial charge in [0.15, 0.2) is 0 Å². The second-order valence-corrected chi connectivity index (χ2v) is 3.43. The highest BCUT2D eigenvalue weighted by Gasteiger charge is 1.95. The first-order valence-electron chi connectivity index (χ1n) is 5.31. The van der Waals surface area contributed by atoms with Gasteiger partial charge >= 0.3 is 0 Å². The van der Waals surface area contributed by atoms with Crippen molar-refractivity contribution in [3.63, 3.8) is 0 Å². The van der Waals surface area contributed by atoms with Gasteiger partial charge in [0, 0.05) is 11.4 Å². The molecule has 0 fully saturated rings. The van der Waals surface area contributed by atoms with Crippen LogP contribution in [0, 0.1) is 0 Å². The Kier molecular flexibility index (Phi) is 4.52. The predicted octanol–water partition coefficient (Wildman–Crippen LogP) is 3.38. The molecule has 0 unspecified atom stereocenters. The Labute approximate surface area is 81.2 Å². The molecule has 0 aliphatic rings. The van der Waals surface area contributed by atoms with Crippen molar-refractivity contribution in [3.05, 3.63) is 29.6 Å². The minimum absolute atomic E-state index is 1.04. The fourth-order valence-corrected chi connectivity index (χ4v) is 1.42. The number of aromatic nitrogens is 1. The summed E-state index contributed by atoms with van der Waals surface area (Å²) in [5, 5.41) is 0. The highest BCUT2D eigenvalue weighted by atomic mass is 14.7. The first kappa shape index (κ1) is 10.2. The molecule has 1 heteroatoms. The SMILES string of the molecule is CCCCCc1cccc(CC)n1. The summed E-state index contributed by atoms with van der Waals surface area (Å²) < 4.78 is 0. The molecule has 13 heavy (non-hydrogen) atoms. The molecule has 0 aliphatic heterocycles. The third kappa shape index (κ3) is 3.58. The van der Waals surface area contributed by atoms with E-state index in [0.717, 1.165) is 12.8 Å². The van der Waals surface area contributed by atoms with Gasteiger partial charge in [-0.1, -0.05) is 32.8 Å². The smallest absolute Gasteiger partial charge is 0.0406 e. The van der Waals surface area contributed by atoms with Crippen LogP contribution >= 0.6 is 0 Å². The lowest BCUT2D eigenvalue weighted by Gasteiger charge is -2.01. The molecule has 0 saturated heterocycles. The van der Waals surface area contributed by atoms with Crippen molar-refractivity contribution in [2.45, 2.75) is 46.0 Å². The van der Waals surface area contributed by atoms with E-state index in [1.165, 1.54) is 30.7 Å². The van der Waals surface area contributed by atoms with Crippen molar-refractivity contribution < 1.29 is 0 Å². The van der Waals surface area contributed by atoms with Crippen molar-refractivity contribution in [3.8, 4) is 0 Å². The van der Waals surface area contributed by atoms with Gasteiger partial charge in [0.25, 0.3) is 0 Å². The van der Waals surface area contributed by atoms with Crippen LogP contribution in [0.1, 0.15) is 44.5 Å². The molecule has 1 aromatic rings. The highest BCUT2D eigenvalue weighted by Crippen LogP contribution is 2.05. The van der Waals surface area contributed by atoms with Crippen LogP contribution in [0.2, 0.25) is 0 Å². The molecule has 0 aliphatic carbocycles. The Morgan fingerprint density at radius 1 is 1.08 bits per heavy atom. The van der Waals surface area contributed by atoms with Crippen LogP contribution in [0.25, 0.3) is 0 Å². The number of hydrogen-bond donors (Lipinski definition) is 0. The standard InChI is InChI=1S/C12H19N/c1-3-5-6-8-12-10-7-9-11(4-2)13-12/h7,9-10H,3-6,8H2,1-2H3. The minimum atomic E-state index is 1.04. The molecule has 0 atom stereocenters. The summed E-state index contributed by atoms with van der Waals surface area (Å²) in [6, 6.07) is 6.35. The molecular formula is C12H19N. The summed E-state index contributed by atoms with van der Waals surface area (Å²) in [6.07, 6.45) is 6.06. The molecule has 0 spiro atoms. The lowest BCUT2D eigenvalue weighted by atomic mass is 10.1. The molecule has 0 aromatic carbocycles. The van der Waals surface area contributed by atoms with Crippen LogP contribution in [0.3, 0.4) is 0 Å². The Hall–Kier alpha value is -0.850. The Morgan fingerprint density at radius 3 is 2.54 bits per heavy atom. The Morgan fingerprint density at radius 2 is 1.85 bits per heavy atom. The molecule has 0 N–H and O–H groups in total. The molecule has 72 valence electrons. The predicted molar refractivity (Wildman–Crippen MR) is 56.8 cm³/mol. The fourth-order valence-electron chi connectivity index (χ4n) is 1.42. The molecule has 1 aromatic heterocycles. The quantitative estimate of drug-likeness (QED) is 0.628. The zero-order chi connectivity index (χ0) is 9.52. The molecule has 0 radical (unpaired) electrons. The normalized spacial score (nSPS) is 10.3. The van der Waals surface area contributed by atoms with E-state index >= 15 is 0 Å². The van der Waals surface area contributed by atoms with Crippen LogP contribution < -0.4 is 0 Å². The topological polar surface area (TPSA) is 12.9 Å². The van der Waals surface area contributed by atoms with Crippen molar-refractivity contribution >= 4 is 0 Å². The van der Waals surface area contributed by atoms with E-state index in [1.807, 2.05) is 0 Å². The summed E-state index contributed by atoms with van der Waals surface area (Å²) in [6.45, 7) is 4.38. The summed E-state index contributed by atoms with van der Waals surface area (Å²) in [5.74, 6) is 0. The van der Waals surface area contributed by atoms with Crippen molar-refractivity contribution in [1.29, 1.82) is 0 Å². The molecular weight excluding hydrogens is 158 g/mol. The number of hydrogen-bond acceptors (Lipinski definition) is 1. The molecule has 1 nitrogen and oxygen atoms in total. The van der Waals surface area contributed by atoms with Crippen LogP contribution in [0.5, 0.6) is 0 Å². The summed E-state index contributed by atoms with van der Waals surface area (Å²) in [5.41, 5.74) is 2.47. The van der Waals surface area contributed by atoms with Crippen LogP contribution in [-0.2, 0) is 12.8 Å². The van der Waals surface area contributed by atoms with Crippen molar-refractivity contribution in [2.75, 3.05) is 0 Å². The van der Waals surface area contributed by atoms with Crippen LogP contribution in [0.15, 0.2) is 18.2 Å². The van der Waals surface area contributed by atoms with E-state index in [0.29, 0.717) is 0 Å². The van der Waals surface area contributed by atoms with Gasteiger partial charge in [0.05, 0.1) is 0 Å². The summed E-state index contributed by atoms with van der Waals surface area (Å²) in [7, 11) is 0. The van der Waals surface area contributed by atoms with Crippen molar-refractivity contribution in [2.24, 2.45) is 0 Å². The van der Waals surface area contributed by atoms with Crippen LogP contribution in [-0.4, -0.2) is 4.98 Å². The van der Waals surface area contributed by atoms with Gasteiger partial charge in [-0.25, -0.2) is 0 Å².